The van der Waals surface area contributed by atoms with Gasteiger partial charge in [0.05, 0.1) is 5.69 Å². The monoisotopic (exact) mass is 275 g/mol. The van der Waals surface area contributed by atoms with Crippen molar-refractivity contribution in [2.75, 3.05) is 20.1 Å². The summed E-state index contributed by atoms with van der Waals surface area (Å²) in [5, 5.41) is 7.98. The lowest BCUT2D eigenvalue weighted by Gasteiger charge is -2.39. The zero-order valence-corrected chi connectivity index (χ0v) is 13.1. The molecular formula is C17H29N3. The lowest BCUT2D eigenvalue weighted by molar-refractivity contribution is 0.133. The minimum Gasteiger partial charge on any atom is -0.306 e. The lowest BCUT2D eigenvalue weighted by Crippen LogP contribution is -2.41. The number of unbranched alkanes of at least 4 members (excludes halogenated alkanes) is 3. The third kappa shape index (κ3) is 2.93. The van der Waals surface area contributed by atoms with Crippen LogP contribution in [0.4, 0.5) is 0 Å². The molecule has 1 saturated heterocycles. The van der Waals surface area contributed by atoms with E-state index >= 15 is 0 Å². The summed E-state index contributed by atoms with van der Waals surface area (Å²) in [6.07, 6.45) is 10.4. The summed E-state index contributed by atoms with van der Waals surface area (Å²) in [5.41, 5.74) is 4.42. The maximum absolute atomic E-state index is 4.63. The molecule has 1 N–H and O–H groups in total. The zero-order valence-electron chi connectivity index (χ0n) is 13.1. The molecule has 0 radical (unpaired) electrons. The average molecular weight is 275 g/mol. The van der Waals surface area contributed by atoms with Crippen LogP contribution in [-0.2, 0) is 19.3 Å². The van der Waals surface area contributed by atoms with Crippen LogP contribution in [0.15, 0.2) is 0 Å². The number of aromatic amines is 1. The van der Waals surface area contributed by atoms with Crippen LogP contribution in [0, 0.1) is 11.8 Å². The topological polar surface area (TPSA) is 31.9 Å². The number of aromatic nitrogens is 2. The van der Waals surface area contributed by atoms with E-state index in [4.69, 9.17) is 0 Å². The van der Waals surface area contributed by atoms with Crippen LogP contribution in [0.3, 0.4) is 0 Å². The molecule has 1 aliphatic heterocycles. The lowest BCUT2D eigenvalue weighted by atomic mass is 9.74. The van der Waals surface area contributed by atoms with Crippen LogP contribution >= 0.6 is 0 Å². The first kappa shape index (κ1) is 14.1. The van der Waals surface area contributed by atoms with Crippen molar-refractivity contribution in [1.29, 1.82) is 0 Å². The van der Waals surface area contributed by atoms with Crippen molar-refractivity contribution in [3.05, 3.63) is 17.0 Å². The second kappa shape index (κ2) is 6.30. The normalized spacial score (nSPS) is 26.3. The molecule has 1 fully saturated rings. The predicted molar refractivity (Wildman–Crippen MR) is 82.9 cm³/mol. The van der Waals surface area contributed by atoms with E-state index in [9.17, 15) is 0 Å². The fourth-order valence-electron chi connectivity index (χ4n) is 4.07. The molecular weight excluding hydrogens is 246 g/mol. The van der Waals surface area contributed by atoms with Crippen LogP contribution in [0.1, 0.15) is 56.0 Å². The molecule has 0 bridgehead atoms. The van der Waals surface area contributed by atoms with Crippen LogP contribution in [0.2, 0.25) is 0 Å². The third-order valence-corrected chi connectivity index (χ3v) is 5.33. The highest BCUT2D eigenvalue weighted by Crippen LogP contribution is 2.36. The van der Waals surface area contributed by atoms with E-state index in [1.165, 1.54) is 75.8 Å². The van der Waals surface area contributed by atoms with Gasteiger partial charge in [-0.25, -0.2) is 0 Å². The summed E-state index contributed by atoms with van der Waals surface area (Å²) in [6.45, 7) is 4.83. The van der Waals surface area contributed by atoms with E-state index < -0.39 is 0 Å². The Morgan fingerprint density at radius 2 is 2.10 bits per heavy atom. The quantitative estimate of drug-likeness (QED) is 0.837. The standard InChI is InChI=1S/C17H29N3/c1-3-4-5-6-7-16-15-10-14-12-20(2)9-8-13(14)11-17(15)19-18-16/h13-14H,3-12H2,1-2H3,(H,18,19). The van der Waals surface area contributed by atoms with E-state index in [1.54, 1.807) is 5.56 Å². The van der Waals surface area contributed by atoms with Crippen LogP contribution in [0.25, 0.3) is 0 Å². The van der Waals surface area contributed by atoms with Gasteiger partial charge in [-0.15, -0.1) is 0 Å². The van der Waals surface area contributed by atoms with Gasteiger partial charge in [0.15, 0.2) is 0 Å². The summed E-state index contributed by atoms with van der Waals surface area (Å²) in [7, 11) is 2.27. The van der Waals surface area contributed by atoms with E-state index in [0.29, 0.717) is 0 Å². The SMILES string of the molecule is CCCCCCc1n[nH]c2c1CC1CN(C)CCC1C2. The van der Waals surface area contributed by atoms with E-state index in [-0.39, 0.29) is 0 Å². The summed E-state index contributed by atoms with van der Waals surface area (Å²) in [4.78, 5) is 2.51. The Labute approximate surface area is 123 Å². The molecule has 2 unspecified atom stereocenters. The number of hydrogen-bond acceptors (Lipinski definition) is 2. The summed E-state index contributed by atoms with van der Waals surface area (Å²) in [6, 6.07) is 0. The molecule has 0 spiro atoms. The van der Waals surface area contributed by atoms with Gasteiger partial charge < -0.3 is 4.90 Å². The first-order valence-electron chi connectivity index (χ1n) is 8.51. The van der Waals surface area contributed by atoms with Gasteiger partial charge in [-0.05, 0) is 63.1 Å². The van der Waals surface area contributed by atoms with Crippen LogP contribution < -0.4 is 0 Å². The van der Waals surface area contributed by atoms with Gasteiger partial charge in [0.2, 0.25) is 0 Å². The molecule has 1 aliphatic carbocycles. The van der Waals surface area contributed by atoms with E-state index in [2.05, 4.69) is 29.1 Å². The first-order chi connectivity index (χ1) is 9.78. The average Bonchev–Trinajstić information content (AvgIpc) is 2.83. The van der Waals surface area contributed by atoms with Gasteiger partial charge in [-0.2, -0.15) is 5.10 Å². The van der Waals surface area contributed by atoms with Crippen molar-refractivity contribution in [2.45, 2.75) is 58.3 Å². The largest absolute Gasteiger partial charge is 0.306 e. The molecule has 112 valence electrons. The molecule has 0 amide bonds. The molecule has 3 rings (SSSR count). The van der Waals surface area contributed by atoms with Crippen molar-refractivity contribution >= 4 is 0 Å². The molecule has 3 nitrogen and oxygen atoms in total. The molecule has 2 heterocycles. The van der Waals surface area contributed by atoms with Crippen LogP contribution in [-0.4, -0.2) is 35.2 Å². The number of nitrogens with zero attached hydrogens (tertiary/aromatic N) is 2. The number of rotatable bonds is 5. The van der Waals surface area contributed by atoms with Gasteiger partial charge in [-0.3, -0.25) is 5.10 Å². The second-order valence-corrected chi connectivity index (χ2v) is 6.92. The number of aryl methyl sites for hydroxylation is 1. The third-order valence-electron chi connectivity index (χ3n) is 5.33. The Morgan fingerprint density at radius 1 is 1.20 bits per heavy atom. The summed E-state index contributed by atoms with van der Waals surface area (Å²) in [5.74, 6) is 1.76. The van der Waals surface area contributed by atoms with Crippen LogP contribution in [0.5, 0.6) is 0 Å². The van der Waals surface area contributed by atoms with E-state index in [1.807, 2.05) is 0 Å². The molecule has 3 heteroatoms. The van der Waals surface area contributed by atoms with Gasteiger partial charge in [0, 0.05) is 12.2 Å². The zero-order chi connectivity index (χ0) is 13.9. The fraction of sp³-hybridized carbons (Fsp3) is 0.824. The second-order valence-electron chi connectivity index (χ2n) is 6.92. The maximum Gasteiger partial charge on any atom is 0.0657 e. The minimum absolute atomic E-state index is 0.869. The van der Waals surface area contributed by atoms with Crippen molar-refractivity contribution in [1.82, 2.24) is 15.1 Å². The van der Waals surface area contributed by atoms with Gasteiger partial charge >= 0.3 is 0 Å². The van der Waals surface area contributed by atoms with Crippen molar-refractivity contribution < 1.29 is 0 Å². The highest BCUT2D eigenvalue weighted by molar-refractivity contribution is 5.29. The molecule has 2 atom stereocenters. The molecule has 1 aromatic heterocycles. The highest BCUT2D eigenvalue weighted by Gasteiger charge is 2.34. The highest BCUT2D eigenvalue weighted by atomic mass is 15.1. The first-order valence-corrected chi connectivity index (χ1v) is 8.51. The van der Waals surface area contributed by atoms with E-state index in [0.717, 1.165) is 11.8 Å². The number of H-pyrrole nitrogens is 1. The number of fused-ring (bicyclic) bond motifs is 2. The Hall–Kier alpha value is -0.830. The molecule has 2 aliphatic rings. The smallest absolute Gasteiger partial charge is 0.0657 e. The van der Waals surface area contributed by atoms with Gasteiger partial charge in [0.25, 0.3) is 0 Å². The van der Waals surface area contributed by atoms with Crippen molar-refractivity contribution in [2.24, 2.45) is 11.8 Å². The molecule has 20 heavy (non-hydrogen) atoms. The fourth-order valence-corrected chi connectivity index (χ4v) is 4.07. The summed E-state index contributed by atoms with van der Waals surface area (Å²) >= 11 is 0. The number of hydrogen-bond donors (Lipinski definition) is 1. The molecule has 1 aromatic rings. The Morgan fingerprint density at radius 3 is 2.95 bits per heavy atom. The Kier molecular flexibility index (Phi) is 4.45. The van der Waals surface area contributed by atoms with Crippen molar-refractivity contribution in [3.63, 3.8) is 0 Å². The minimum atomic E-state index is 0.869. The predicted octanol–water partition coefficient (Wildman–Crippen LogP) is 3.20. The Bertz CT molecular complexity index is 437. The maximum atomic E-state index is 4.63. The Balaban J connectivity index is 1.64. The molecule has 0 aromatic carbocycles. The van der Waals surface area contributed by atoms with Gasteiger partial charge in [0.1, 0.15) is 0 Å². The number of nitrogens with one attached hydrogen (secondary N) is 1. The van der Waals surface area contributed by atoms with Crippen molar-refractivity contribution in [3.8, 4) is 0 Å². The number of piperidine rings is 1. The number of likely N-dealkylation sites (tertiary alicyclic amines) is 1. The van der Waals surface area contributed by atoms with Gasteiger partial charge in [-0.1, -0.05) is 26.2 Å². The molecule has 0 saturated carbocycles. The summed E-state index contributed by atoms with van der Waals surface area (Å²) < 4.78 is 0.